The lowest BCUT2D eigenvalue weighted by molar-refractivity contribution is 0.714. The van der Waals surface area contributed by atoms with Gasteiger partial charge in [-0.3, -0.25) is 0 Å². The number of benzene rings is 11. The fourth-order valence-electron chi connectivity index (χ4n) is 11.8. The molecule has 1 nitrogen and oxygen atoms in total. The average Bonchev–Trinajstić information content (AvgIpc) is 3.86. The Kier molecular flexibility index (Phi) is 9.27. The molecular weight excluding hydrogens is 819 g/mol. The van der Waals surface area contributed by atoms with E-state index in [1.165, 1.54) is 94.2 Å². The lowest BCUT2D eigenvalue weighted by Crippen LogP contribution is -2.28. The number of nitrogens with zero attached hydrogens (tertiary/aromatic N) is 1. The van der Waals surface area contributed by atoms with E-state index in [0.29, 0.717) is 0 Å². The molecule has 0 fully saturated rings. The molecule has 0 saturated carbocycles. The molecule has 0 spiro atoms. The summed E-state index contributed by atoms with van der Waals surface area (Å²) in [5, 5.41) is 2.49. The average molecular weight is 866 g/mol. The van der Waals surface area contributed by atoms with Crippen molar-refractivity contribution in [1.82, 2.24) is 0 Å². The second-order valence-corrected chi connectivity index (χ2v) is 18.5. The molecule has 0 aromatic heterocycles. The molecule has 0 heterocycles. The molecule has 2 aliphatic rings. The van der Waals surface area contributed by atoms with Gasteiger partial charge in [0, 0.05) is 22.4 Å². The van der Waals surface area contributed by atoms with Gasteiger partial charge in [0.1, 0.15) is 0 Å². The Morgan fingerprint density at radius 1 is 0.279 bits per heavy atom. The van der Waals surface area contributed by atoms with Crippen molar-refractivity contribution in [2.24, 2.45) is 0 Å². The van der Waals surface area contributed by atoms with Crippen molar-refractivity contribution >= 4 is 27.8 Å². The predicted octanol–water partition coefficient (Wildman–Crippen LogP) is 17.3. The van der Waals surface area contributed by atoms with Crippen molar-refractivity contribution in [3.8, 4) is 44.5 Å². The molecule has 1 atom stereocenters. The van der Waals surface area contributed by atoms with E-state index < -0.39 is 5.41 Å². The quantitative estimate of drug-likeness (QED) is 0.147. The molecule has 0 radical (unpaired) electrons. The van der Waals surface area contributed by atoms with Crippen LogP contribution in [0.5, 0.6) is 0 Å². The second-order valence-electron chi connectivity index (χ2n) is 18.5. The highest BCUT2D eigenvalue weighted by Gasteiger charge is 2.46. The maximum absolute atomic E-state index is 2.49. The smallest absolute Gasteiger partial charge is 0.0714 e. The summed E-state index contributed by atoms with van der Waals surface area (Å²) in [5.74, 6) is 0. The van der Waals surface area contributed by atoms with E-state index >= 15 is 0 Å². The highest BCUT2D eigenvalue weighted by Crippen LogP contribution is 2.58. The van der Waals surface area contributed by atoms with Crippen molar-refractivity contribution in [3.63, 3.8) is 0 Å². The number of hydrogen-bond donors (Lipinski definition) is 0. The minimum Gasteiger partial charge on any atom is -0.310 e. The van der Waals surface area contributed by atoms with Crippen LogP contribution < -0.4 is 4.90 Å². The fourth-order valence-corrected chi connectivity index (χ4v) is 11.8. The summed E-state index contributed by atoms with van der Waals surface area (Å²) in [6, 6.07) is 99.1. The van der Waals surface area contributed by atoms with Crippen molar-refractivity contribution in [2.75, 3.05) is 4.90 Å². The molecule has 0 saturated heterocycles. The molecule has 0 aliphatic heterocycles. The third-order valence-electron chi connectivity index (χ3n) is 15.0. The highest BCUT2D eigenvalue weighted by atomic mass is 15.1. The zero-order chi connectivity index (χ0) is 45.2. The molecular formula is C67H47N. The SMILES string of the molecule is CC1(c2ccccc2)c2ccccc2-c2ccc(-c3ccccc3N(c3ccc(-c4ccc5ccccc5c4)cc3)c3ccc4c(c3)C(c3ccccc3)(c3ccccc3)c3ccccc3-4)cc21. The largest absolute Gasteiger partial charge is 0.310 e. The van der Waals surface area contributed by atoms with Crippen molar-refractivity contribution in [1.29, 1.82) is 0 Å². The van der Waals surface area contributed by atoms with Gasteiger partial charge >= 0.3 is 0 Å². The lowest BCUT2D eigenvalue weighted by atomic mass is 9.67. The van der Waals surface area contributed by atoms with Gasteiger partial charge in [-0.15, -0.1) is 0 Å². The molecule has 0 N–H and O–H groups in total. The van der Waals surface area contributed by atoms with Crippen LogP contribution in [-0.4, -0.2) is 0 Å². The Morgan fingerprint density at radius 3 is 1.47 bits per heavy atom. The van der Waals surface area contributed by atoms with E-state index in [9.17, 15) is 0 Å². The molecule has 1 unspecified atom stereocenters. The molecule has 0 amide bonds. The summed E-state index contributed by atoms with van der Waals surface area (Å²) in [6.45, 7) is 2.40. The predicted molar refractivity (Wildman–Crippen MR) is 284 cm³/mol. The third-order valence-corrected chi connectivity index (χ3v) is 15.0. The molecule has 320 valence electrons. The van der Waals surface area contributed by atoms with E-state index in [2.05, 4.69) is 279 Å². The van der Waals surface area contributed by atoms with Crippen LogP contribution in [0.15, 0.2) is 267 Å². The Labute approximate surface area is 398 Å². The van der Waals surface area contributed by atoms with Crippen LogP contribution in [0.25, 0.3) is 55.3 Å². The van der Waals surface area contributed by atoms with Crippen LogP contribution >= 0.6 is 0 Å². The molecule has 11 aromatic carbocycles. The normalized spacial score (nSPS) is 15.0. The first-order valence-electron chi connectivity index (χ1n) is 23.7. The summed E-state index contributed by atoms with van der Waals surface area (Å²) >= 11 is 0. The van der Waals surface area contributed by atoms with Gasteiger partial charge in [0.05, 0.1) is 11.1 Å². The van der Waals surface area contributed by atoms with Gasteiger partial charge in [-0.05, 0) is 138 Å². The maximum atomic E-state index is 2.49. The van der Waals surface area contributed by atoms with Crippen LogP contribution in [0.3, 0.4) is 0 Å². The van der Waals surface area contributed by atoms with E-state index in [1.807, 2.05) is 0 Å². The monoisotopic (exact) mass is 865 g/mol. The molecule has 2 aliphatic carbocycles. The van der Waals surface area contributed by atoms with Gasteiger partial charge in [0.15, 0.2) is 0 Å². The summed E-state index contributed by atoms with van der Waals surface area (Å²) < 4.78 is 0. The van der Waals surface area contributed by atoms with Crippen LogP contribution in [0.1, 0.15) is 45.9 Å². The minimum atomic E-state index is -0.535. The Balaban J connectivity index is 1.03. The number of para-hydroxylation sites is 1. The molecule has 13 rings (SSSR count). The van der Waals surface area contributed by atoms with E-state index in [4.69, 9.17) is 0 Å². The maximum Gasteiger partial charge on any atom is 0.0714 e. The summed E-state index contributed by atoms with van der Waals surface area (Å²) in [5.41, 5.74) is 21.4. The van der Waals surface area contributed by atoms with Gasteiger partial charge < -0.3 is 4.90 Å². The second kappa shape index (κ2) is 15.8. The number of hydrogen-bond acceptors (Lipinski definition) is 1. The Morgan fingerprint density at radius 2 is 0.765 bits per heavy atom. The summed E-state index contributed by atoms with van der Waals surface area (Å²) in [6.07, 6.45) is 0. The van der Waals surface area contributed by atoms with E-state index in [-0.39, 0.29) is 5.41 Å². The zero-order valence-electron chi connectivity index (χ0n) is 37.9. The minimum absolute atomic E-state index is 0.316. The van der Waals surface area contributed by atoms with Gasteiger partial charge in [-0.1, -0.05) is 224 Å². The number of fused-ring (bicyclic) bond motifs is 7. The van der Waals surface area contributed by atoms with Crippen LogP contribution in [0, 0.1) is 0 Å². The van der Waals surface area contributed by atoms with Crippen molar-refractivity contribution < 1.29 is 0 Å². The first-order chi connectivity index (χ1) is 33.6. The summed E-state index contributed by atoms with van der Waals surface area (Å²) in [7, 11) is 0. The van der Waals surface area contributed by atoms with Crippen molar-refractivity contribution in [2.45, 2.75) is 17.8 Å². The topological polar surface area (TPSA) is 3.24 Å². The van der Waals surface area contributed by atoms with Gasteiger partial charge in [0.2, 0.25) is 0 Å². The molecule has 1 heteroatoms. The first-order valence-corrected chi connectivity index (χ1v) is 23.7. The number of rotatable bonds is 8. The van der Waals surface area contributed by atoms with Crippen LogP contribution in [0.4, 0.5) is 17.1 Å². The van der Waals surface area contributed by atoms with Crippen molar-refractivity contribution in [3.05, 3.63) is 306 Å². The highest BCUT2D eigenvalue weighted by molar-refractivity contribution is 5.95. The van der Waals surface area contributed by atoms with Crippen LogP contribution in [0.2, 0.25) is 0 Å². The van der Waals surface area contributed by atoms with E-state index in [1.54, 1.807) is 0 Å². The molecule has 68 heavy (non-hydrogen) atoms. The van der Waals surface area contributed by atoms with Crippen LogP contribution in [-0.2, 0) is 10.8 Å². The Bertz CT molecular complexity index is 3640. The third kappa shape index (κ3) is 6.02. The lowest BCUT2D eigenvalue weighted by Gasteiger charge is -2.35. The van der Waals surface area contributed by atoms with E-state index in [0.717, 1.165) is 17.1 Å². The summed E-state index contributed by atoms with van der Waals surface area (Å²) in [4.78, 5) is 2.49. The van der Waals surface area contributed by atoms with Gasteiger partial charge in [-0.2, -0.15) is 0 Å². The van der Waals surface area contributed by atoms with Gasteiger partial charge in [-0.25, -0.2) is 0 Å². The molecule has 11 aromatic rings. The molecule has 0 bridgehead atoms. The number of anilines is 3. The zero-order valence-corrected chi connectivity index (χ0v) is 37.9. The standard InChI is InChI=1S/C67H47N/c1-66(51-21-5-2-6-22-51)61-30-16-13-28-57(61)59-41-37-50(44-63(59)66)56-27-15-18-32-65(56)68(54-38-35-47(36-39-54)49-34-33-46-19-11-12-20-48(46)43-49)55-40-42-60-58-29-14-17-31-62(58)67(64(60)45-55,52-23-7-3-8-24-52)53-25-9-4-10-26-53/h2-45H,1H3. The van der Waals surface area contributed by atoms with Gasteiger partial charge in [0.25, 0.3) is 0 Å². The Hall–Kier alpha value is -8.52. The first kappa shape index (κ1) is 39.8. The fraction of sp³-hybridized carbons (Fsp3) is 0.0448.